The smallest absolute Gasteiger partial charge is 0.315 e. The Hall–Kier alpha value is -2.17. The Kier molecular flexibility index (Phi) is 5.53. The van der Waals surface area contributed by atoms with E-state index in [9.17, 15) is 4.79 Å². The fourth-order valence-corrected chi connectivity index (χ4v) is 2.22. The van der Waals surface area contributed by atoms with Crippen molar-refractivity contribution in [3.63, 3.8) is 0 Å². The van der Waals surface area contributed by atoms with Gasteiger partial charge in [-0.05, 0) is 38.8 Å². The molecule has 1 aromatic heterocycles. The lowest BCUT2D eigenvalue weighted by molar-refractivity contribution is 0.230. The van der Waals surface area contributed by atoms with Crippen LogP contribution in [0.1, 0.15) is 46.4 Å². The molecule has 2 N–H and O–H groups in total. The van der Waals surface area contributed by atoms with Crippen LogP contribution < -0.4 is 15.4 Å². The van der Waals surface area contributed by atoms with Crippen LogP contribution >= 0.6 is 0 Å². The highest BCUT2D eigenvalue weighted by atomic mass is 16.5. The van der Waals surface area contributed by atoms with Gasteiger partial charge in [-0.3, -0.25) is 0 Å². The van der Waals surface area contributed by atoms with E-state index in [0.717, 1.165) is 11.1 Å². The lowest BCUT2D eigenvalue weighted by Crippen LogP contribution is -2.43. The minimum absolute atomic E-state index is 0.113. The molecule has 2 amide bonds. The van der Waals surface area contributed by atoms with Crippen LogP contribution in [-0.2, 0) is 0 Å². The van der Waals surface area contributed by atoms with Crippen molar-refractivity contribution < 1.29 is 13.9 Å². The van der Waals surface area contributed by atoms with E-state index in [0.29, 0.717) is 23.9 Å². The number of ether oxygens (including phenoxy) is 1. The predicted molar refractivity (Wildman–Crippen MR) is 91.8 cm³/mol. The summed E-state index contributed by atoms with van der Waals surface area (Å²) in [5.74, 6) is 1.82. The number of hydrogen-bond donors (Lipinski definition) is 2. The number of nitrogens with one attached hydrogen (secondary N) is 2. The number of fused-ring (bicyclic) bond motifs is 1. The maximum absolute atomic E-state index is 12.0. The van der Waals surface area contributed by atoms with E-state index in [2.05, 4.69) is 24.5 Å². The second-order valence-corrected chi connectivity index (χ2v) is 6.13. The van der Waals surface area contributed by atoms with Gasteiger partial charge >= 0.3 is 6.03 Å². The van der Waals surface area contributed by atoms with E-state index in [4.69, 9.17) is 9.15 Å². The maximum Gasteiger partial charge on any atom is 0.315 e. The van der Waals surface area contributed by atoms with Gasteiger partial charge in [0.25, 0.3) is 0 Å². The fourth-order valence-electron chi connectivity index (χ4n) is 2.22. The molecule has 126 valence electrons. The highest BCUT2D eigenvalue weighted by Crippen LogP contribution is 2.31. The standard InChI is InChI=1S/C18H26N2O3/c1-6-22-15-9-7-8-14-10-16(23-17(14)15)13(5)20-18(21)19-12(4)11(2)3/h7-13H,6H2,1-5H3,(H2,19,20,21). The Morgan fingerprint density at radius 3 is 2.61 bits per heavy atom. The number of furan rings is 1. The molecule has 2 atom stereocenters. The fraction of sp³-hybridized carbons (Fsp3) is 0.500. The first-order valence-electron chi connectivity index (χ1n) is 8.14. The molecule has 2 aromatic rings. The van der Waals surface area contributed by atoms with E-state index in [1.807, 2.05) is 45.0 Å². The Labute approximate surface area is 137 Å². The number of carbonyl (C=O) groups excluding carboxylic acids is 1. The van der Waals surface area contributed by atoms with Crippen molar-refractivity contribution in [3.8, 4) is 5.75 Å². The van der Waals surface area contributed by atoms with Crippen LogP contribution in [0.4, 0.5) is 4.79 Å². The van der Waals surface area contributed by atoms with Crippen LogP contribution in [0.3, 0.4) is 0 Å². The van der Waals surface area contributed by atoms with E-state index < -0.39 is 0 Å². The van der Waals surface area contributed by atoms with Crippen LogP contribution in [0.15, 0.2) is 28.7 Å². The van der Waals surface area contributed by atoms with Crippen molar-refractivity contribution in [2.75, 3.05) is 6.61 Å². The Bertz CT molecular complexity index is 663. The summed E-state index contributed by atoms with van der Waals surface area (Å²) in [6.07, 6.45) is 0. The summed E-state index contributed by atoms with van der Waals surface area (Å²) in [6, 6.07) is 7.42. The molecule has 0 aliphatic rings. The summed E-state index contributed by atoms with van der Waals surface area (Å²) in [7, 11) is 0. The summed E-state index contributed by atoms with van der Waals surface area (Å²) in [6.45, 7) is 10.6. The van der Waals surface area contributed by atoms with E-state index >= 15 is 0 Å². The summed E-state index contributed by atoms with van der Waals surface area (Å²) < 4.78 is 11.5. The largest absolute Gasteiger partial charge is 0.490 e. The Balaban J connectivity index is 2.10. The summed E-state index contributed by atoms with van der Waals surface area (Å²) in [4.78, 5) is 12.0. The van der Waals surface area contributed by atoms with E-state index in [-0.39, 0.29) is 18.1 Å². The third kappa shape index (κ3) is 4.18. The molecule has 1 aromatic carbocycles. The first kappa shape index (κ1) is 17.2. The number of amides is 2. The van der Waals surface area contributed by atoms with Crippen molar-refractivity contribution in [2.45, 2.75) is 46.7 Å². The first-order valence-corrected chi connectivity index (χ1v) is 8.14. The second-order valence-electron chi connectivity index (χ2n) is 6.13. The zero-order valence-electron chi connectivity index (χ0n) is 14.5. The monoisotopic (exact) mass is 318 g/mol. The molecule has 2 rings (SSSR count). The van der Waals surface area contributed by atoms with Crippen molar-refractivity contribution >= 4 is 17.0 Å². The van der Waals surface area contributed by atoms with Gasteiger partial charge in [0.2, 0.25) is 0 Å². The molecule has 0 spiro atoms. The first-order chi connectivity index (χ1) is 10.9. The topological polar surface area (TPSA) is 63.5 Å². The van der Waals surface area contributed by atoms with Gasteiger partial charge in [0.05, 0.1) is 12.6 Å². The third-order valence-electron chi connectivity index (χ3n) is 3.96. The highest BCUT2D eigenvalue weighted by molar-refractivity contribution is 5.84. The van der Waals surface area contributed by atoms with Crippen molar-refractivity contribution in [3.05, 3.63) is 30.0 Å². The zero-order chi connectivity index (χ0) is 17.0. The second kappa shape index (κ2) is 7.40. The van der Waals surface area contributed by atoms with Gasteiger partial charge < -0.3 is 19.8 Å². The van der Waals surface area contributed by atoms with Crippen LogP contribution in [0.5, 0.6) is 5.75 Å². The number of para-hydroxylation sites is 1. The molecular weight excluding hydrogens is 292 g/mol. The average Bonchev–Trinajstić information content (AvgIpc) is 2.92. The van der Waals surface area contributed by atoms with Gasteiger partial charge in [-0.1, -0.05) is 26.0 Å². The third-order valence-corrected chi connectivity index (χ3v) is 3.96. The normalized spacial score (nSPS) is 13.8. The summed E-state index contributed by atoms with van der Waals surface area (Å²) >= 11 is 0. The molecule has 1 heterocycles. The van der Waals surface area contributed by atoms with Gasteiger partial charge in [-0.15, -0.1) is 0 Å². The molecule has 0 aliphatic heterocycles. The number of urea groups is 1. The zero-order valence-corrected chi connectivity index (χ0v) is 14.5. The molecule has 0 bridgehead atoms. The van der Waals surface area contributed by atoms with Crippen LogP contribution in [-0.4, -0.2) is 18.7 Å². The van der Waals surface area contributed by atoms with Crippen molar-refractivity contribution in [1.82, 2.24) is 10.6 Å². The molecule has 23 heavy (non-hydrogen) atoms. The Morgan fingerprint density at radius 1 is 1.22 bits per heavy atom. The molecule has 2 unspecified atom stereocenters. The Morgan fingerprint density at radius 2 is 1.96 bits per heavy atom. The number of rotatable bonds is 6. The lowest BCUT2D eigenvalue weighted by atomic mass is 10.1. The summed E-state index contributed by atoms with van der Waals surface area (Å²) in [5, 5.41) is 6.81. The van der Waals surface area contributed by atoms with Crippen molar-refractivity contribution in [2.24, 2.45) is 5.92 Å². The molecule has 5 nitrogen and oxygen atoms in total. The molecule has 5 heteroatoms. The number of carbonyl (C=O) groups is 1. The van der Waals surface area contributed by atoms with Crippen molar-refractivity contribution in [1.29, 1.82) is 0 Å². The highest BCUT2D eigenvalue weighted by Gasteiger charge is 2.17. The summed E-state index contributed by atoms with van der Waals surface area (Å²) in [5.41, 5.74) is 0.717. The van der Waals surface area contributed by atoms with Gasteiger partial charge in [-0.2, -0.15) is 0 Å². The molecule has 0 fully saturated rings. The average molecular weight is 318 g/mol. The van der Waals surface area contributed by atoms with Gasteiger partial charge in [-0.25, -0.2) is 4.79 Å². The van der Waals surface area contributed by atoms with Crippen LogP contribution in [0, 0.1) is 5.92 Å². The number of benzene rings is 1. The van der Waals surface area contributed by atoms with Gasteiger partial charge in [0.1, 0.15) is 5.76 Å². The molecule has 0 aliphatic carbocycles. The van der Waals surface area contributed by atoms with Gasteiger partial charge in [0, 0.05) is 11.4 Å². The van der Waals surface area contributed by atoms with Crippen LogP contribution in [0.25, 0.3) is 11.0 Å². The minimum Gasteiger partial charge on any atom is -0.490 e. The van der Waals surface area contributed by atoms with Gasteiger partial charge in [0.15, 0.2) is 11.3 Å². The van der Waals surface area contributed by atoms with Crippen LogP contribution in [0.2, 0.25) is 0 Å². The minimum atomic E-state index is -0.226. The lowest BCUT2D eigenvalue weighted by Gasteiger charge is -2.19. The van der Waals surface area contributed by atoms with E-state index in [1.54, 1.807) is 0 Å². The molecular formula is C18H26N2O3. The predicted octanol–water partition coefficient (Wildman–Crippen LogP) is 4.24. The van der Waals surface area contributed by atoms with E-state index in [1.165, 1.54) is 0 Å². The quantitative estimate of drug-likeness (QED) is 0.837. The molecule has 0 radical (unpaired) electrons. The SMILES string of the molecule is CCOc1cccc2cc(C(C)NC(=O)NC(C)C(C)C)oc12. The maximum atomic E-state index is 12.0. The molecule has 0 saturated heterocycles. The molecule has 0 saturated carbocycles. The number of hydrogen-bond acceptors (Lipinski definition) is 3.